The Morgan fingerprint density at radius 3 is 2.12 bits per heavy atom. The van der Waals surface area contributed by atoms with Crippen molar-refractivity contribution in [3.63, 3.8) is 0 Å². The van der Waals surface area contributed by atoms with Crippen LogP contribution in [0, 0.1) is 6.92 Å². The van der Waals surface area contributed by atoms with E-state index in [-0.39, 0.29) is 0 Å². The molecule has 2 nitrogen and oxygen atoms in total. The van der Waals surface area contributed by atoms with Crippen molar-refractivity contribution in [2.45, 2.75) is 6.92 Å². The maximum atomic E-state index is 12.0. The first-order valence-corrected chi connectivity index (χ1v) is 8.74. The van der Waals surface area contributed by atoms with Crippen LogP contribution in [-0.4, -0.2) is 10.7 Å². The van der Waals surface area contributed by atoms with Gasteiger partial charge in [0.25, 0.3) is 0 Å². The van der Waals surface area contributed by atoms with Crippen LogP contribution in [0.4, 0.5) is 0 Å². The number of nitrogens with zero attached hydrogens (tertiary/aromatic N) is 1. The van der Waals surface area contributed by atoms with Gasteiger partial charge in [0.2, 0.25) is 0 Å². The zero-order chi connectivity index (χ0) is 17.7. The van der Waals surface area contributed by atoms with Gasteiger partial charge in [0.05, 0.1) is 5.69 Å². The topological polar surface area (TPSA) is 21.5 Å². The minimum Gasteiger partial charge on any atom is -0.313 e. The third kappa shape index (κ3) is 2.09. The average molecular weight is 335 g/mol. The monoisotopic (exact) mass is 335 g/mol. The molecule has 124 valence electrons. The highest BCUT2D eigenvalue weighted by Gasteiger charge is 2.16. The average Bonchev–Trinajstić information content (AvgIpc) is 3.03. The molecule has 5 rings (SSSR count). The fraction of sp³-hybridized carbons (Fsp3) is 0.0417. The van der Waals surface area contributed by atoms with Gasteiger partial charge in [-0.05, 0) is 57.8 Å². The van der Waals surface area contributed by atoms with Gasteiger partial charge in [0.1, 0.15) is 0 Å². The number of fused-ring (bicyclic) bond motifs is 3. The van der Waals surface area contributed by atoms with Crippen molar-refractivity contribution < 1.29 is 4.79 Å². The minimum absolute atomic E-state index is 0.699. The van der Waals surface area contributed by atoms with Crippen LogP contribution in [0.2, 0.25) is 0 Å². The molecule has 2 aromatic heterocycles. The molecule has 0 amide bonds. The highest BCUT2D eigenvalue weighted by atomic mass is 16.1. The molecule has 26 heavy (non-hydrogen) atoms. The summed E-state index contributed by atoms with van der Waals surface area (Å²) in [6.07, 6.45) is 2.99. The van der Waals surface area contributed by atoms with Crippen LogP contribution in [0.3, 0.4) is 0 Å². The molecule has 0 fully saturated rings. The minimum atomic E-state index is 0.699. The van der Waals surface area contributed by atoms with E-state index < -0.39 is 0 Å². The molecule has 5 aromatic rings. The summed E-state index contributed by atoms with van der Waals surface area (Å²) in [5.74, 6) is 0. The first kappa shape index (κ1) is 14.9. The molecule has 0 atom stereocenters. The van der Waals surface area contributed by atoms with E-state index in [2.05, 4.69) is 72.8 Å². The van der Waals surface area contributed by atoms with Crippen molar-refractivity contribution in [2.75, 3.05) is 0 Å². The standard InChI is InChI=1S/C24H17NO/c1-16-10-11-19-13-22(23(15-26)25(19)14-16)24-20-8-4-2-6-17(20)12-18-7-3-5-9-21(18)24/h2-15H,1H3. The second-order valence-electron chi connectivity index (χ2n) is 6.76. The third-order valence-electron chi connectivity index (χ3n) is 5.11. The normalized spacial score (nSPS) is 11.4. The van der Waals surface area contributed by atoms with Gasteiger partial charge in [-0.15, -0.1) is 0 Å². The van der Waals surface area contributed by atoms with Gasteiger partial charge >= 0.3 is 0 Å². The van der Waals surface area contributed by atoms with E-state index in [9.17, 15) is 4.79 Å². The largest absolute Gasteiger partial charge is 0.313 e. The number of aromatic nitrogens is 1. The van der Waals surface area contributed by atoms with Crippen molar-refractivity contribution in [1.82, 2.24) is 4.40 Å². The number of aryl methyl sites for hydroxylation is 1. The lowest BCUT2D eigenvalue weighted by atomic mass is 9.92. The summed E-state index contributed by atoms with van der Waals surface area (Å²) in [7, 11) is 0. The lowest BCUT2D eigenvalue weighted by Crippen LogP contribution is -1.94. The van der Waals surface area contributed by atoms with Crippen molar-refractivity contribution in [3.8, 4) is 11.1 Å². The molecule has 0 bridgehead atoms. The number of rotatable bonds is 2. The van der Waals surface area contributed by atoms with Crippen molar-refractivity contribution >= 4 is 33.3 Å². The molecular formula is C24H17NO. The number of aldehydes is 1. The molecular weight excluding hydrogens is 318 g/mol. The second kappa shape index (κ2) is 5.57. The van der Waals surface area contributed by atoms with Gasteiger partial charge < -0.3 is 4.40 Å². The van der Waals surface area contributed by atoms with E-state index in [1.165, 1.54) is 21.5 Å². The SMILES string of the molecule is Cc1ccc2cc(-c3c4ccccc4cc4ccccc34)c(C=O)n2c1. The molecule has 0 aliphatic heterocycles. The number of carbonyl (C=O) groups is 1. The van der Waals surface area contributed by atoms with E-state index in [0.29, 0.717) is 5.69 Å². The number of hydrogen-bond acceptors (Lipinski definition) is 1. The molecule has 0 aliphatic carbocycles. The van der Waals surface area contributed by atoms with E-state index >= 15 is 0 Å². The van der Waals surface area contributed by atoms with Gasteiger partial charge in [-0.25, -0.2) is 0 Å². The fourth-order valence-electron chi connectivity index (χ4n) is 3.92. The van der Waals surface area contributed by atoms with Crippen LogP contribution in [-0.2, 0) is 0 Å². The summed E-state index contributed by atoms with van der Waals surface area (Å²) >= 11 is 0. The van der Waals surface area contributed by atoms with Crippen LogP contribution >= 0.6 is 0 Å². The van der Waals surface area contributed by atoms with Gasteiger partial charge in [0, 0.05) is 17.3 Å². The number of hydrogen-bond donors (Lipinski definition) is 0. The Kier molecular flexibility index (Phi) is 3.19. The highest BCUT2D eigenvalue weighted by Crippen LogP contribution is 2.38. The highest BCUT2D eigenvalue weighted by molar-refractivity contribution is 6.14. The Balaban J connectivity index is 2.01. The Bertz CT molecular complexity index is 1260. The van der Waals surface area contributed by atoms with Crippen LogP contribution in [0.5, 0.6) is 0 Å². The third-order valence-corrected chi connectivity index (χ3v) is 5.11. The molecule has 0 spiro atoms. The van der Waals surface area contributed by atoms with Gasteiger partial charge in [-0.1, -0.05) is 54.6 Å². The molecule has 2 heterocycles. The van der Waals surface area contributed by atoms with Crippen LogP contribution in [0.25, 0.3) is 38.2 Å². The molecule has 2 heteroatoms. The van der Waals surface area contributed by atoms with Crippen molar-refractivity contribution in [3.05, 3.63) is 90.3 Å². The van der Waals surface area contributed by atoms with Gasteiger partial charge in [0.15, 0.2) is 6.29 Å². The summed E-state index contributed by atoms with van der Waals surface area (Å²) in [4.78, 5) is 12.0. The van der Waals surface area contributed by atoms with Crippen LogP contribution < -0.4 is 0 Å². The van der Waals surface area contributed by atoms with E-state index in [1.54, 1.807) is 0 Å². The van der Waals surface area contributed by atoms with Gasteiger partial charge in [-0.2, -0.15) is 0 Å². The number of carbonyl (C=O) groups excluding carboxylic acids is 1. The zero-order valence-electron chi connectivity index (χ0n) is 14.4. The summed E-state index contributed by atoms with van der Waals surface area (Å²) in [5, 5.41) is 4.71. The summed E-state index contributed by atoms with van der Waals surface area (Å²) < 4.78 is 1.99. The molecule has 0 unspecified atom stereocenters. The zero-order valence-corrected chi connectivity index (χ0v) is 14.4. The number of benzene rings is 3. The van der Waals surface area contributed by atoms with E-state index in [0.717, 1.165) is 28.5 Å². The lowest BCUT2D eigenvalue weighted by molar-refractivity contribution is 0.111. The van der Waals surface area contributed by atoms with Crippen LogP contribution in [0.1, 0.15) is 16.1 Å². The summed E-state index contributed by atoms with van der Waals surface area (Å²) in [5.41, 5.74) is 4.97. The molecule has 0 N–H and O–H groups in total. The Morgan fingerprint density at radius 1 is 0.808 bits per heavy atom. The van der Waals surface area contributed by atoms with Crippen LogP contribution in [0.15, 0.2) is 79.0 Å². The van der Waals surface area contributed by atoms with Crippen molar-refractivity contribution in [1.29, 1.82) is 0 Å². The smallest absolute Gasteiger partial charge is 0.167 e. The Hall–Kier alpha value is -3.39. The Labute approximate surface area is 151 Å². The van der Waals surface area contributed by atoms with E-state index in [4.69, 9.17) is 0 Å². The number of pyridine rings is 1. The molecule has 0 aliphatic rings. The van der Waals surface area contributed by atoms with Gasteiger partial charge in [-0.3, -0.25) is 4.79 Å². The first-order valence-electron chi connectivity index (χ1n) is 8.74. The molecule has 3 aromatic carbocycles. The fourth-order valence-corrected chi connectivity index (χ4v) is 3.92. The van der Waals surface area contributed by atoms with E-state index in [1.807, 2.05) is 17.5 Å². The predicted molar refractivity (Wildman–Crippen MR) is 108 cm³/mol. The maximum absolute atomic E-state index is 12.0. The quantitative estimate of drug-likeness (QED) is 0.285. The summed E-state index contributed by atoms with van der Waals surface area (Å²) in [6, 6.07) is 25.3. The Morgan fingerprint density at radius 2 is 1.46 bits per heavy atom. The molecule has 0 saturated carbocycles. The van der Waals surface area contributed by atoms with Crippen molar-refractivity contribution in [2.24, 2.45) is 0 Å². The first-order chi connectivity index (χ1) is 12.8. The predicted octanol–water partition coefficient (Wildman–Crippen LogP) is 6.03. The maximum Gasteiger partial charge on any atom is 0.167 e. The molecule has 0 radical (unpaired) electrons. The summed E-state index contributed by atoms with van der Waals surface area (Å²) in [6.45, 7) is 2.04. The lowest BCUT2D eigenvalue weighted by Gasteiger charge is -2.11. The molecule has 0 saturated heterocycles. The second-order valence-corrected chi connectivity index (χ2v) is 6.76.